The molecule has 0 aliphatic heterocycles. The molecular weight excluding hydrogens is 310 g/mol. The van der Waals surface area contributed by atoms with E-state index in [1.54, 1.807) is 20.3 Å². The van der Waals surface area contributed by atoms with Gasteiger partial charge >= 0.3 is 6.09 Å². The number of hydrogen-bond donors (Lipinski definition) is 2. The summed E-state index contributed by atoms with van der Waals surface area (Å²) in [7, 11) is 3.13. The second-order valence-electron chi connectivity index (χ2n) is 6.59. The van der Waals surface area contributed by atoms with Crippen LogP contribution in [0.15, 0.2) is 12.1 Å². The molecule has 0 bridgehead atoms. The normalized spacial score (nSPS) is 12.5. The van der Waals surface area contributed by atoms with E-state index in [4.69, 9.17) is 14.2 Å². The van der Waals surface area contributed by atoms with Gasteiger partial charge in [0.2, 0.25) is 0 Å². The van der Waals surface area contributed by atoms with Crippen molar-refractivity contribution in [1.29, 1.82) is 0 Å². The highest BCUT2D eigenvalue weighted by molar-refractivity contribution is 5.68. The maximum absolute atomic E-state index is 12.0. The lowest BCUT2D eigenvalue weighted by Gasteiger charge is -2.24. The summed E-state index contributed by atoms with van der Waals surface area (Å²) >= 11 is 0. The molecule has 24 heavy (non-hydrogen) atoms. The smallest absolute Gasteiger partial charge is 0.407 e. The van der Waals surface area contributed by atoms with E-state index in [1.807, 2.05) is 33.8 Å². The number of amides is 1. The molecule has 2 N–H and O–H groups in total. The van der Waals surface area contributed by atoms with E-state index in [0.29, 0.717) is 23.5 Å². The van der Waals surface area contributed by atoms with Crippen LogP contribution in [0.2, 0.25) is 0 Å². The van der Waals surface area contributed by atoms with Crippen LogP contribution in [0.25, 0.3) is 0 Å². The average molecular weight is 339 g/mol. The van der Waals surface area contributed by atoms with Crippen LogP contribution >= 0.6 is 0 Å². The average Bonchev–Trinajstić information content (AvgIpc) is 2.51. The minimum atomic E-state index is -0.536. The molecule has 0 heterocycles. The van der Waals surface area contributed by atoms with Crippen LogP contribution in [-0.2, 0) is 17.8 Å². The Balaban J connectivity index is 2.93. The molecule has 1 amide bonds. The van der Waals surface area contributed by atoms with Gasteiger partial charge in [-0.25, -0.2) is 4.79 Å². The molecule has 0 aliphatic carbocycles. The third kappa shape index (κ3) is 5.92. The molecule has 1 aromatic rings. The maximum atomic E-state index is 12.0. The Bertz CT molecular complexity index is 551. The van der Waals surface area contributed by atoms with Gasteiger partial charge in [0, 0.05) is 11.6 Å². The number of aliphatic hydroxyl groups excluding tert-OH is 1. The summed E-state index contributed by atoms with van der Waals surface area (Å²) in [6.45, 7) is 7.35. The lowest BCUT2D eigenvalue weighted by Crippen LogP contribution is -2.40. The van der Waals surface area contributed by atoms with Crippen molar-refractivity contribution in [3.8, 4) is 11.5 Å². The Labute approximate surface area is 144 Å². The molecule has 0 saturated carbocycles. The standard InChI is InChI=1S/C18H29NO5/c1-7-14(19-17(21)24-18(2,3)4)8-12-9-16(23-6)13(11-20)10-15(12)22-5/h9-10,14,20H,7-8,11H2,1-6H3,(H,19,21). The first kappa shape index (κ1) is 20.1. The van der Waals surface area contributed by atoms with Crippen LogP contribution in [0.5, 0.6) is 11.5 Å². The quantitative estimate of drug-likeness (QED) is 0.798. The molecule has 136 valence electrons. The molecule has 0 radical (unpaired) electrons. The van der Waals surface area contributed by atoms with Gasteiger partial charge in [-0.2, -0.15) is 0 Å². The van der Waals surface area contributed by atoms with Crippen LogP contribution in [0.1, 0.15) is 45.2 Å². The number of aliphatic hydroxyl groups is 1. The zero-order valence-electron chi connectivity index (χ0n) is 15.4. The molecule has 1 atom stereocenters. The van der Waals surface area contributed by atoms with Gasteiger partial charge in [0.1, 0.15) is 17.1 Å². The number of carbonyl (C=O) groups excluding carboxylic acids is 1. The number of benzene rings is 1. The first-order valence-corrected chi connectivity index (χ1v) is 8.08. The van der Waals surface area contributed by atoms with Crippen molar-refractivity contribution in [3.63, 3.8) is 0 Å². The first-order chi connectivity index (χ1) is 11.2. The summed E-state index contributed by atoms with van der Waals surface area (Å²) in [5, 5.41) is 12.3. The van der Waals surface area contributed by atoms with E-state index in [-0.39, 0.29) is 12.6 Å². The third-order valence-corrected chi connectivity index (χ3v) is 3.53. The van der Waals surface area contributed by atoms with Crippen molar-refractivity contribution < 1.29 is 24.1 Å². The van der Waals surface area contributed by atoms with Crippen LogP contribution in [0, 0.1) is 0 Å². The lowest BCUT2D eigenvalue weighted by molar-refractivity contribution is 0.0502. The maximum Gasteiger partial charge on any atom is 0.407 e. The molecular formula is C18H29NO5. The highest BCUT2D eigenvalue weighted by atomic mass is 16.6. The van der Waals surface area contributed by atoms with E-state index in [2.05, 4.69) is 5.32 Å². The van der Waals surface area contributed by atoms with Gasteiger partial charge in [0.15, 0.2) is 0 Å². The second kappa shape index (κ2) is 8.78. The zero-order chi connectivity index (χ0) is 18.3. The molecule has 1 aromatic carbocycles. The van der Waals surface area contributed by atoms with Crippen LogP contribution in [0.3, 0.4) is 0 Å². The summed E-state index contributed by atoms with van der Waals surface area (Å²) in [5.41, 5.74) is 1.02. The van der Waals surface area contributed by atoms with Gasteiger partial charge in [-0.1, -0.05) is 6.92 Å². The van der Waals surface area contributed by atoms with Gasteiger partial charge in [-0.15, -0.1) is 0 Å². The Morgan fingerprint density at radius 2 is 1.71 bits per heavy atom. The van der Waals surface area contributed by atoms with Crippen molar-refractivity contribution in [2.75, 3.05) is 14.2 Å². The predicted molar refractivity (Wildman–Crippen MR) is 92.6 cm³/mol. The van der Waals surface area contributed by atoms with E-state index >= 15 is 0 Å². The van der Waals surface area contributed by atoms with Gasteiger partial charge in [-0.3, -0.25) is 0 Å². The first-order valence-electron chi connectivity index (χ1n) is 8.08. The molecule has 0 saturated heterocycles. The minimum absolute atomic E-state index is 0.0987. The topological polar surface area (TPSA) is 77.0 Å². The molecule has 6 heteroatoms. The van der Waals surface area contributed by atoms with Crippen LogP contribution in [-0.4, -0.2) is 37.1 Å². The summed E-state index contributed by atoms with van der Waals surface area (Å²) < 4.78 is 16.0. The molecule has 1 rings (SSSR count). The Kier molecular flexibility index (Phi) is 7.35. The minimum Gasteiger partial charge on any atom is -0.496 e. The van der Waals surface area contributed by atoms with Crippen molar-refractivity contribution in [3.05, 3.63) is 23.3 Å². The van der Waals surface area contributed by atoms with E-state index in [0.717, 1.165) is 12.0 Å². The monoisotopic (exact) mass is 339 g/mol. The van der Waals surface area contributed by atoms with E-state index in [1.165, 1.54) is 0 Å². The van der Waals surface area contributed by atoms with E-state index < -0.39 is 11.7 Å². The number of methoxy groups -OCH3 is 2. The Hall–Kier alpha value is -1.95. The molecule has 0 aromatic heterocycles. The van der Waals surface area contributed by atoms with Crippen molar-refractivity contribution in [1.82, 2.24) is 5.32 Å². The number of hydrogen-bond acceptors (Lipinski definition) is 5. The summed E-state index contributed by atoms with van der Waals surface area (Å²) in [5.74, 6) is 1.25. The number of nitrogens with one attached hydrogen (secondary N) is 1. The fraction of sp³-hybridized carbons (Fsp3) is 0.611. The van der Waals surface area contributed by atoms with Crippen molar-refractivity contribution >= 4 is 6.09 Å². The molecule has 0 fully saturated rings. The summed E-state index contributed by atoms with van der Waals surface area (Å²) in [6, 6.07) is 3.50. The number of carbonyl (C=O) groups is 1. The molecule has 0 spiro atoms. The molecule has 6 nitrogen and oxygen atoms in total. The van der Waals surface area contributed by atoms with Gasteiger partial charge in [0.05, 0.1) is 20.8 Å². The second-order valence-corrected chi connectivity index (χ2v) is 6.59. The molecule has 0 aliphatic rings. The lowest BCUT2D eigenvalue weighted by atomic mass is 10.0. The fourth-order valence-corrected chi connectivity index (χ4v) is 2.34. The zero-order valence-corrected chi connectivity index (χ0v) is 15.4. The fourth-order valence-electron chi connectivity index (χ4n) is 2.34. The summed E-state index contributed by atoms with van der Waals surface area (Å²) in [6.07, 6.45) is 0.875. The Morgan fingerprint density at radius 3 is 2.17 bits per heavy atom. The van der Waals surface area contributed by atoms with Crippen LogP contribution < -0.4 is 14.8 Å². The third-order valence-electron chi connectivity index (χ3n) is 3.53. The highest BCUT2D eigenvalue weighted by Crippen LogP contribution is 2.30. The van der Waals surface area contributed by atoms with Crippen molar-refractivity contribution in [2.45, 2.75) is 58.8 Å². The van der Waals surface area contributed by atoms with Gasteiger partial charge in [-0.05, 0) is 51.3 Å². The van der Waals surface area contributed by atoms with E-state index in [9.17, 15) is 9.90 Å². The van der Waals surface area contributed by atoms with Crippen molar-refractivity contribution in [2.24, 2.45) is 0 Å². The van der Waals surface area contributed by atoms with Gasteiger partial charge in [0.25, 0.3) is 0 Å². The SMILES string of the molecule is CCC(Cc1cc(OC)c(CO)cc1OC)NC(=O)OC(C)(C)C. The Morgan fingerprint density at radius 1 is 1.17 bits per heavy atom. The number of alkyl carbamates (subject to hydrolysis) is 1. The highest BCUT2D eigenvalue weighted by Gasteiger charge is 2.20. The van der Waals surface area contributed by atoms with Crippen LogP contribution in [0.4, 0.5) is 4.79 Å². The number of ether oxygens (including phenoxy) is 3. The predicted octanol–water partition coefficient (Wildman–Crippen LogP) is 3.04. The molecule has 1 unspecified atom stereocenters. The summed E-state index contributed by atoms with van der Waals surface area (Å²) in [4.78, 5) is 12.0. The van der Waals surface area contributed by atoms with Gasteiger partial charge < -0.3 is 24.6 Å². The number of rotatable bonds is 7. The largest absolute Gasteiger partial charge is 0.496 e.